The minimum Gasteiger partial charge on any atom is -0.399 e. The fourth-order valence-corrected chi connectivity index (χ4v) is 0.170. The standard InChI is InChI=1S/C4H8N2O/c1-4(3-5)6-7-2/h3,5H,1-2H3/b5-3?,6-4-. The van der Waals surface area contributed by atoms with E-state index in [1.54, 1.807) is 6.92 Å². The van der Waals surface area contributed by atoms with Crippen LogP contribution in [0.1, 0.15) is 6.92 Å². The normalized spacial score (nSPS) is 10.9. The third kappa shape index (κ3) is 2.96. The van der Waals surface area contributed by atoms with Crippen LogP contribution in [-0.4, -0.2) is 19.0 Å². The van der Waals surface area contributed by atoms with Gasteiger partial charge in [-0.2, -0.15) is 0 Å². The molecule has 7 heavy (non-hydrogen) atoms. The zero-order valence-electron chi connectivity index (χ0n) is 4.43. The molecule has 0 aliphatic rings. The Morgan fingerprint density at radius 1 is 1.86 bits per heavy atom. The van der Waals surface area contributed by atoms with Crippen LogP contribution in [0.4, 0.5) is 0 Å². The van der Waals surface area contributed by atoms with Crippen molar-refractivity contribution < 1.29 is 4.84 Å². The second kappa shape index (κ2) is 3.33. The van der Waals surface area contributed by atoms with Crippen molar-refractivity contribution in [3.05, 3.63) is 0 Å². The molecule has 0 radical (unpaired) electrons. The first kappa shape index (κ1) is 6.14. The Balaban J connectivity index is 3.49. The molecule has 0 atom stereocenters. The lowest BCUT2D eigenvalue weighted by atomic mass is 10.5. The summed E-state index contributed by atoms with van der Waals surface area (Å²) in [5.41, 5.74) is 0.572. The van der Waals surface area contributed by atoms with Gasteiger partial charge in [-0.05, 0) is 6.92 Å². The molecule has 0 bridgehead atoms. The molecule has 0 unspecified atom stereocenters. The van der Waals surface area contributed by atoms with Gasteiger partial charge in [-0.25, -0.2) is 0 Å². The van der Waals surface area contributed by atoms with E-state index in [-0.39, 0.29) is 0 Å². The summed E-state index contributed by atoms with van der Waals surface area (Å²) >= 11 is 0. The summed E-state index contributed by atoms with van der Waals surface area (Å²) in [5.74, 6) is 0. The molecule has 0 aliphatic carbocycles. The number of hydrogen-bond acceptors (Lipinski definition) is 3. The number of oxime groups is 1. The molecular formula is C4H8N2O. The second-order valence-electron chi connectivity index (χ2n) is 1.06. The van der Waals surface area contributed by atoms with Crippen molar-refractivity contribution in [1.29, 1.82) is 5.41 Å². The van der Waals surface area contributed by atoms with Crippen LogP contribution in [0, 0.1) is 5.41 Å². The van der Waals surface area contributed by atoms with E-state index < -0.39 is 0 Å². The van der Waals surface area contributed by atoms with Gasteiger partial charge in [-0.15, -0.1) is 0 Å². The summed E-state index contributed by atoms with van der Waals surface area (Å²) in [6.45, 7) is 1.69. The Morgan fingerprint density at radius 2 is 2.43 bits per heavy atom. The Labute approximate surface area is 42.5 Å². The summed E-state index contributed by atoms with van der Waals surface area (Å²) in [6.07, 6.45) is 1.13. The van der Waals surface area contributed by atoms with E-state index in [4.69, 9.17) is 5.41 Å². The molecule has 0 rings (SSSR count). The average molecular weight is 100 g/mol. The molecule has 3 heteroatoms. The lowest BCUT2D eigenvalue weighted by Gasteiger charge is -1.84. The molecule has 40 valence electrons. The van der Waals surface area contributed by atoms with Crippen molar-refractivity contribution in [3.63, 3.8) is 0 Å². The van der Waals surface area contributed by atoms with Gasteiger partial charge < -0.3 is 10.2 Å². The van der Waals surface area contributed by atoms with Crippen molar-refractivity contribution >= 4 is 11.9 Å². The maximum absolute atomic E-state index is 6.58. The van der Waals surface area contributed by atoms with E-state index >= 15 is 0 Å². The Hall–Kier alpha value is -0.860. The van der Waals surface area contributed by atoms with Crippen LogP contribution in [0.2, 0.25) is 0 Å². The molecule has 0 aliphatic heterocycles. The molecule has 0 fully saturated rings. The molecule has 0 aromatic carbocycles. The lowest BCUT2D eigenvalue weighted by Crippen LogP contribution is -1.89. The van der Waals surface area contributed by atoms with Crippen LogP contribution in [-0.2, 0) is 4.84 Å². The van der Waals surface area contributed by atoms with Gasteiger partial charge in [-0.3, -0.25) is 0 Å². The topological polar surface area (TPSA) is 45.4 Å². The lowest BCUT2D eigenvalue weighted by molar-refractivity contribution is 0.214. The molecular weight excluding hydrogens is 92.1 g/mol. The van der Waals surface area contributed by atoms with E-state index in [2.05, 4.69) is 9.99 Å². The zero-order chi connectivity index (χ0) is 5.70. The zero-order valence-corrected chi connectivity index (χ0v) is 4.43. The van der Waals surface area contributed by atoms with E-state index in [0.29, 0.717) is 5.71 Å². The maximum Gasteiger partial charge on any atom is 0.106 e. The predicted octanol–water partition coefficient (Wildman–Crippen LogP) is 0.658. The quantitative estimate of drug-likeness (QED) is 0.402. The molecule has 1 N–H and O–H groups in total. The van der Waals surface area contributed by atoms with Crippen molar-refractivity contribution in [2.24, 2.45) is 5.16 Å². The molecule has 3 nitrogen and oxygen atoms in total. The minimum absolute atomic E-state index is 0.572. The number of rotatable bonds is 2. The summed E-state index contributed by atoms with van der Waals surface area (Å²) in [6, 6.07) is 0. The first-order valence-corrected chi connectivity index (χ1v) is 1.89. The predicted molar refractivity (Wildman–Crippen MR) is 28.9 cm³/mol. The molecule has 0 saturated carbocycles. The van der Waals surface area contributed by atoms with Gasteiger partial charge in [0.25, 0.3) is 0 Å². The summed E-state index contributed by atoms with van der Waals surface area (Å²) in [7, 11) is 1.45. The van der Waals surface area contributed by atoms with Crippen molar-refractivity contribution in [3.8, 4) is 0 Å². The van der Waals surface area contributed by atoms with Gasteiger partial charge >= 0.3 is 0 Å². The molecule has 0 heterocycles. The van der Waals surface area contributed by atoms with Crippen LogP contribution < -0.4 is 0 Å². The Bertz CT molecular complexity index is 87.7. The maximum atomic E-state index is 6.58. The summed E-state index contributed by atoms with van der Waals surface area (Å²) in [4.78, 5) is 4.33. The van der Waals surface area contributed by atoms with Gasteiger partial charge in [0.1, 0.15) is 7.11 Å². The SMILES string of the molecule is CO/N=C(/C)C=N. The van der Waals surface area contributed by atoms with Crippen LogP contribution in [0.5, 0.6) is 0 Å². The van der Waals surface area contributed by atoms with Crippen molar-refractivity contribution in [2.45, 2.75) is 6.92 Å². The molecule has 0 aromatic rings. The number of hydrogen-bond donors (Lipinski definition) is 1. The van der Waals surface area contributed by atoms with E-state index in [9.17, 15) is 0 Å². The highest BCUT2D eigenvalue weighted by atomic mass is 16.6. The second-order valence-corrected chi connectivity index (χ2v) is 1.06. The summed E-state index contributed by atoms with van der Waals surface area (Å²) in [5, 5.41) is 9.99. The van der Waals surface area contributed by atoms with Crippen LogP contribution in [0.15, 0.2) is 5.16 Å². The van der Waals surface area contributed by atoms with Crippen LogP contribution in [0.25, 0.3) is 0 Å². The fourth-order valence-electron chi connectivity index (χ4n) is 0.170. The highest BCUT2D eigenvalue weighted by Gasteiger charge is 1.76. The van der Waals surface area contributed by atoms with Gasteiger partial charge in [0.15, 0.2) is 0 Å². The Morgan fingerprint density at radius 3 is 2.57 bits per heavy atom. The van der Waals surface area contributed by atoms with Gasteiger partial charge in [0.2, 0.25) is 0 Å². The molecule has 0 spiro atoms. The average Bonchev–Trinajstić information content (AvgIpc) is 1.68. The van der Waals surface area contributed by atoms with Crippen LogP contribution in [0.3, 0.4) is 0 Å². The van der Waals surface area contributed by atoms with Crippen LogP contribution >= 0.6 is 0 Å². The first-order chi connectivity index (χ1) is 3.31. The third-order valence-corrected chi connectivity index (χ3v) is 0.444. The monoisotopic (exact) mass is 100 g/mol. The number of nitrogens with zero attached hydrogens (tertiary/aromatic N) is 1. The molecule has 0 amide bonds. The molecule has 0 aromatic heterocycles. The van der Waals surface area contributed by atoms with E-state index in [1.165, 1.54) is 7.11 Å². The van der Waals surface area contributed by atoms with Gasteiger partial charge in [0, 0.05) is 6.21 Å². The largest absolute Gasteiger partial charge is 0.399 e. The summed E-state index contributed by atoms with van der Waals surface area (Å²) < 4.78 is 0. The van der Waals surface area contributed by atoms with Crippen molar-refractivity contribution in [1.82, 2.24) is 0 Å². The Kier molecular flexibility index (Phi) is 2.92. The highest BCUT2D eigenvalue weighted by molar-refractivity contribution is 6.27. The smallest absolute Gasteiger partial charge is 0.106 e. The highest BCUT2D eigenvalue weighted by Crippen LogP contribution is 1.69. The number of nitrogens with one attached hydrogen (secondary N) is 1. The molecule has 0 saturated heterocycles. The van der Waals surface area contributed by atoms with E-state index in [0.717, 1.165) is 6.21 Å². The minimum atomic E-state index is 0.572. The fraction of sp³-hybridized carbons (Fsp3) is 0.500. The van der Waals surface area contributed by atoms with Crippen molar-refractivity contribution in [2.75, 3.05) is 7.11 Å². The van der Waals surface area contributed by atoms with E-state index in [1.807, 2.05) is 0 Å². The third-order valence-electron chi connectivity index (χ3n) is 0.444. The van der Waals surface area contributed by atoms with Gasteiger partial charge in [0.05, 0.1) is 5.71 Å². The first-order valence-electron chi connectivity index (χ1n) is 1.89. The van der Waals surface area contributed by atoms with Gasteiger partial charge in [-0.1, -0.05) is 5.16 Å².